The second-order valence-electron chi connectivity index (χ2n) is 6.82. The van der Waals surface area contributed by atoms with Gasteiger partial charge in [-0.1, -0.05) is 30.3 Å². The predicted octanol–water partition coefficient (Wildman–Crippen LogP) is 3.36. The maximum atomic E-state index is 13.7. The quantitative estimate of drug-likeness (QED) is 0.690. The Morgan fingerprint density at radius 1 is 1.21 bits per heavy atom. The maximum absolute atomic E-state index is 13.7. The van der Waals surface area contributed by atoms with Crippen molar-refractivity contribution in [1.29, 1.82) is 0 Å². The van der Waals surface area contributed by atoms with Crippen LogP contribution < -0.4 is 16.0 Å². The molecular weight excluding hydrogens is 381 g/mol. The molecule has 5 nitrogen and oxygen atoms in total. The molecular formula is C21H25ClFN3O2. The SMILES string of the molecule is CC(NC(=O)C1CCCN1)c1cccc(NC(=O)Cc2ccccc2F)c1.Cl. The zero-order chi connectivity index (χ0) is 19.2. The average Bonchev–Trinajstić information content (AvgIpc) is 3.18. The molecule has 2 aromatic carbocycles. The van der Waals surface area contributed by atoms with Crippen molar-refractivity contribution in [2.45, 2.75) is 38.3 Å². The van der Waals surface area contributed by atoms with Crippen LogP contribution in [-0.4, -0.2) is 24.4 Å². The lowest BCUT2D eigenvalue weighted by Gasteiger charge is -2.18. The molecule has 0 bridgehead atoms. The van der Waals surface area contributed by atoms with Crippen molar-refractivity contribution >= 4 is 29.9 Å². The van der Waals surface area contributed by atoms with Gasteiger partial charge in [-0.3, -0.25) is 9.59 Å². The molecule has 1 aliphatic heterocycles. The second-order valence-corrected chi connectivity index (χ2v) is 6.82. The molecule has 2 atom stereocenters. The van der Waals surface area contributed by atoms with E-state index in [0.29, 0.717) is 11.3 Å². The van der Waals surface area contributed by atoms with Gasteiger partial charge in [0.05, 0.1) is 18.5 Å². The first-order valence-corrected chi connectivity index (χ1v) is 9.20. The van der Waals surface area contributed by atoms with E-state index >= 15 is 0 Å². The van der Waals surface area contributed by atoms with E-state index in [9.17, 15) is 14.0 Å². The van der Waals surface area contributed by atoms with Gasteiger partial charge < -0.3 is 16.0 Å². The molecule has 150 valence electrons. The lowest BCUT2D eigenvalue weighted by molar-refractivity contribution is -0.123. The fourth-order valence-corrected chi connectivity index (χ4v) is 3.21. The highest BCUT2D eigenvalue weighted by molar-refractivity contribution is 5.92. The molecule has 0 spiro atoms. The van der Waals surface area contributed by atoms with Gasteiger partial charge in [-0.15, -0.1) is 12.4 Å². The standard InChI is InChI=1S/C21H24FN3O2.ClH/c1-14(24-21(27)19-10-5-11-23-19)15-7-4-8-17(12-15)25-20(26)13-16-6-2-3-9-18(16)22;/h2-4,6-9,12,14,19,23H,5,10-11,13H2,1H3,(H,24,27)(H,25,26);1H. The van der Waals surface area contributed by atoms with Crippen molar-refractivity contribution in [2.24, 2.45) is 0 Å². The van der Waals surface area contributed by atoms with E-state index in [1.165, 1.54) is 6.07 Å². The average molecular weight is 406 g/mol. The lowest BCUT2D eigenvalue weighted by Crippen LogP contribution is -2.41. The van der Waals surface area contributed by atoms with E-state index in [1.807, 2.05) is 25.1 Å². The van der Waals surface area contributed by atoms with Gasteiger partial charge in [-0.2, -0.15) is 0 Å². The van der Waals surface area contributed by atoms with Crippen LogP contribution in [0.5, 0.6) is 0 Å². The first-order chi connectivity index (χ1) is 13.0. The van der Waals surface area contributed by atoms with Crippen molar-refractivity contribution in [1.82, 2.24) is 10.6 Å². The summed E-state index contributed by atoms with van der Waals surface area (Å²) in [5.41, 5.74) is 1.87. The summed E-state index contributed by atoms with van der Waals surface area (Å²) >= 11 is 0. The number of carbonyl (C=O) groups excluding carboxylic acids is 2. The normalized spacial score (nSPS) is 16.7. The Kier molecular flexibility index (Phi) is 7.96. The molecule has 2 aromatic rings. The van der Waals surface area contributed by atoms with Gasteiger partial charge in [0.2, 0.25) is 11.8 Å². The number of carbonyl (C=O) groups is 2. The summed E-state index contributed by atoms with van der Waals surface area (Å²) in [4.78, 5) is 24.5. The fourth-order valence-electron chi connectivity index (χ4n) is 3.21. The smallest absolute Gasteiger partial charge is 0.237 e. The topological polar surface area (TPSA) is 70.2 Å². The Morgan fingerprint density at radius 3 is 2.71 bits per heavy atom. The monoisotopic (exact) mass is 405 g/mol. The Labute approximate surface area is 170 Å². The van der Waals surface area contributed by atoms with Crippen LogP contribution in [0.25, 0.3) is 0 Å². The molecule has 0 radical (unpaired) electrons. The molecule has 0 aliphatic carbocycles. The molecule has 28 heavy (non-hydrogen) atoms. The zero-order valence-electron chi connectivity index (χ0n) is 15.7. The highest BCUT2D eigenvalue weighted by Gasteiger charge is 2.23. The Bertz CT molecular complexity index is 825. The molecule has 2 amide bonds. The molecule has 0 aromatic heterocycles. The Balaban J connectivity index is 0.00000280. The van der Waals surface area contributed by atoms with Crippen molar-refractivity contribution in [3.63, 3.8) is 0 Å². The van der Waals surface area contributed by atoms with E-state index in [2.05, 4.69) is 16.0 Å². The van der Waals surface area contributed by atoms with Gasteiger partial charge in [0, 0.05) is 5.69 Å². The summed E-state index contributed by atoms with van der Waals surface area (Å²) < 4.78 is 13.7. The number of hydrogen-bond donors (Lipinski definition) is 3. The number of amides is 2. The molecule has 1 fully saturated rings. The summed E-state index contributed by atoms with van der Waals surface area (Å²) in [6.45, 7) is 2.78. The molecule has 0 saturated carbocycles. The summed E-state index contributed by atoms with van der Waals surface area (Å²) in [5, 5.41) is 8.97. The largest absolute Gasteiger partial charge is 0.348 e. The van der Waals surface area contributed by atoms with Gasteiger partial charge in [0.15, 0.2) is 0 Å². The van der Waals surface area contributed by atoms with Crippen molar-refractivity contribution in [2.75, 3.05) is 11.9 Å². The second kappa shape index (κ2) is 10.2. The van der Waals surface area contributed by atoms with E-state index in [-0.39, 0.29) is 42.7 Å². The molecule has 2 unspecified atom stereocenters. The summed E-state index contributed by atoms with van der Waals surface area (Å²) in [6.07, 6.45) is 1.83. The van der Waals surface area contributed by atoms with Gasteiger partial charge in [0.25, 0.3) is 0 Å². The summed E-state index contributed by atoms with van der Waals surface area (Å²) in [6, 6.07) is 13.3. The van der Waals surface area contributed by atoms with E-state index in [1.54, 1.807) is 24.3 Å². The third kappa shape index (κ3) is 5.78. The predicted molar refractivity (Wildman–Crippen MR) is 110 cm³/mol. The highest BCUT2D eigenvalue weighted by atomic mass is 35.5. The van der Waals surface area contributed by atoms with Crippen LogP contribution in [0.3, 0.4) is 0 Å². The summed E-state index contributed by atoms with van der Waals surface area (Å²) in [5.74, 6) is -0.684. The molecule has 3 N–H and O–H groups in total. The maximum Gasteiger partial charge on any atom is 0.237 e. The van der Waals surface area contributed by atoms with Gasteiger partial charge in [-0.25, -0.2) is 4.39 Å². The van der Waals surface area contributed by atoms with Crippen LogP contribution in [0.2, 0.25) is 0 Å². The zero-order valence-corrected chi connectivity index (χ0v) is 16.5. The van der Waals surface area contributed by atoms with E-state index in [4.69, 9.17) is 0 Å². The van der Waals surface area contributed by atoms with Crippen LogP contribution in [-0.2, 0) is 16.0 Å². The minimum atomic E-state index is -0.391. The molecule has 1 aliphatic rings. The minimum Gasteiger partial charge on any atom is -0.348 e. The van der Waals surface area contributed by atoms with Crippen LogP contribution in [0.1, 0.15) is 36.9 Å². The van der Waals surface area contributed by atoms with E-state index < -0.39 is 5.82 Å². The Hall–Kier alpha value is -2.44. The first-order valence-electron chi connectivity index (χ1n) is 9.20. The van der Waals surface area contributed by atoms with Crippen LogP contribution in [0.4, 0.5) is 10.1 Å². The molecule has 1 heterocycles. The number of hydrogen-bond acceptors (Lipinski definition) is 3. The van der Waals surface area contributed by atoms with Crippen molar-refractivity contribution in [3.05, 3.63) is 65.5 Å². The van der Waals surface area contributed by atoms with Gasteiger partial charge >= 0.3 is 0 Å². The highest BCUT2D eigenvalue weighted by Crippen LogP contribution is 2.19. The summed E-state index contributed by atoms with van der Waals surface area (Å²) in [7, 11) is 0. The van der Waals surface area contributed by atoms with Crippen molar-refractivity contribution < 1.29 is 14.0 Å². The fraction of sp³-hybridized carbons (Fsp3) is 0.333. The lowest BCUT2D eigenvalue weighted by atomic mass is 10.1. The third-order valence-corrected chi connectivity index (χ3v) is 4.71. The number of halogens is 2. The number of anilines is 1. The van der Waals surface area contributed by atoms with E-state index in [0.717, 1.165) is 24.9 Å². The molecule has 3 rings (SSSR count). The third-order valence-electron chi connectivity index (χ3n) is 4.71. The van der Waals surface area contributed by atoms with Gasteiger partial charge in [-0.05, 0) is 55.6 Å². The first kappa shape index (κ1) is 21.9. The molecule has 1 saturated heterocycles. The van der Waals surface area contributed by atoms with Crippen LogP contribution in [0, 0.1) is 5.82 Å². The number of benzene rings is 2. The number of rotatable bonds is 6. The van der Waals surface area contributed by atoms with Gasteiger partial charge in [0.1, 0.15) is 5.82 Å². The minimum absolute atomic E-state index is 0. The number of nitrogens with one attached hydrogen (secondary N) is 3. The van der Waals surface area contributed by atoms with Crippen molar-refractivity contribution in [3.8, 4) is 0 Å². The van der Waals surface area contributed by atoms with Crippen LogP contribution in [0.15, 0.2) is 48.5 Å². The van der Waals surface area contributed by atoms with Crippen LogP contribution >= 0.6 is 12.4 Å². The Morgan fingerprint density at radius 2 is 2.00 bits per heavy atom. The molecule has 7 heteroatoms.